The lowest BCUT2D eigenvalue weighted by Gasteiger charge is -2.29. The van der Waals surface area contributed by atoms with Gasteiger partial charge in [-0.1, -0.05) is 36.4 Å². The fourth-order valence-electron chi connectivity index (χ4n) is 4.23. The largest absolute Gasteiger partial charge is 0.493 e. The van der Waals surface area contributed by atoms with Gasteiger partial charge in [-0.2, -0.15) is 4.98 Å². The third kappa shape index (κ3) is 4.38. The van der Waals surface area contributed by atoms with E-state index in [0.717, 1.165) is 11.1 Å². The molecule has 1 amide bonds. The van der Waals surface area contributed by atoms with E-state index in [4.69, 9.17) is 19.6 Å². The minimum atomic E-state index is -0.563. The van der Waals surface area contributed by atoms with Gasteiger partial charge in [-0.3, -0.25) is 9.78 Å². The van der Waals surface area contributed by atoms with Crippen LogP contribution in [0.3, 0.4) is 0 Å². The van der Waals surface area contributed by atoms with E-state index >= 15 is 0 Å². The summed E-state index contributed by atoms with van der Waals surface area (Å²) in [6.45, 7) is 4.28. The number of hydrogen-bond acceptors (Lipinski definition) is 7. The Bertz CT molecular complexity index is 1420. The highest BCUT2D eigenvalue weighted by Gasteiger charge is 2.35. The summed E-state index contributed by atoms with van der Waals surface area (Å²) < 4.78 is 13.0. The molecule has 1 unspecified atom stereocenters. The minimum Gasteiger partial charge on any atom is -0.493 e. The number of methoxy groups -OCH3 is 1. The second-order valence-corrected chi connectivity index (χ2v) is 8.17. The van der Waals surface area contributed by atoms with Crippen LogP contribution in [0.15, 0.2) is 84.3 Å². The minimum absolute atomic E-state index is 0.270. The molecule has 1 aliphatic heterocycles. The molecule has 0 fully saturated rings. The van der Waals surface area contributed by atoms with E-state index in [-0.39, 0.29) is 5.91 Å². The summed E-state index contributed by atoms with van der Waals surface area (Å²) in [7, 11) is 1.59. The van der Waals surface area contributed by atoms with Crippen molar-refractivity contribution in [1.29, 1.82) is 0 Å². The van der Waals surface area contributed by atoms with Gasteiger partial charge in [0.05, 0.1) is 31.2 Å². The molecular formula is C27H26N6O3. The van der Waals surface area contributed by atoms with Gasteiger partial charge < -0.3 is 20.1 Å². The molecule has 2 aromatic carbocycles. The summed E-state index contributed by atoms with van der Waals surface area (Å²) >= 11 is 0. The fraction of sp³-hybridized carbons (Fsp3) is 0.185. The van der Waals surface area contributed by atoms with E-state index < -0.39 is 6.04 Å². The van der Waals surface area contributed by atoms with Crippen molar-refractivity contribution in [3.05, 3.63) is 89.9 Å². The number of nitrogens with zero attached hydrogens (tertiary/aromatic N) is 4. The van der Waals surface area contributed by atoms with Crippen LogP contribution in [0.5, 0.6) is 11.5 Å². The van der Waals surface area contributed by atoms with Crippen molar-refractivity contribution >= 4 is 17.5 Å². The van der Waals surface area contributed by atoms with E-state index in [0.29, 0.717) is 46.8 Å². The van der Waals surface area contributed by atoms with E-state index in [1.54, 1.807) is 36.3 Å². The first-order chi connectivity index (χ1) is 17.6. The number of anilines is 2. The van der Waals surface area contributed by atoms with Crippen molar-refractivity contribution in [3.8, 4) is 22.9 Å². The number of pyridine rings is 1. The monoisotopic (exact) mass is 482 g/mol. The van der Waals surface area contributed by atoms with Crippen molar-refractivity contribution in [2.24, 2.45) is 0 Å². The van der Waals surface area contributed by atoms with Crippen LogP contribution in [0, 0.1) is 0 Å². The summed E-state index contributed by atoms with van der Waals surface area (Å²) in [6, 6.07) is 18.4. The molecule has 0 spiro atoms. The van der Waals surface area contributed by atoms with Crippen LogP contribution in [-0.4, -0.2) is 39.4 Å². The third-order valence-electron chi connectivity index (χ3n) is 5.85. The number of carbonyl (C=O) groups excluding carboxylic acids is 1. The molecular weight excluding hydrogens is 456 g/mol. The molecule has 182 valence electrons. The number of rotatable bonds is 7. The SMILES string of the molecule is CCOc1ccc(C2C(C(=O)Nc3cccnc3)=C(C)Nc3nc(-c4ccccc4)nn32)cc1OC. The van der Waals surface area contributed by atoms with Gasteiger partial charge in [-0.25, -0.2) is 4.68 Å². The van der Waals surface area contributed by atoms with Crippen LogP contribution in [-0.2, 0) is 4.79 Å². The maximum Gasteiger partial charge on any atom is 0.255 e. The second-order valence-electron chi connectivity index (χ2n) is 8.17. The fourth-order valence-corrected chi connectivity index (χ4v) is 4.23. The van der Waals surface area contributed by atoms with Crippen molar-refractivity contribution in [3.63, 3.8) is 0 Å². The first kappa shape index (κ1) is 23.1. The van der Waals surface area contributed by atoms with Crippen LogP contribution < -0.4 is 20.1 Å². The molecule has 0 bridgehead atoms. The Balaban J connectivity index is 1.63. The zero-order valence-electron chi connectivity index (χ0n) is 20.2. The van der Waals surface area contributed by atoms with E-state index in [1.165, 1.54) is 0 Å². The predicted molar refractivity (Wildman–Crippen MR) is 137 cm³/mol. The van der Waals surface area contributed by atoms with Gasteiger partial charge in [-0.15, -0.1) is 5.10 Å². The van der Waals surface area contributed by atoms with Gasteiger partial charge in [0.25, 0.3) is 5.91 Å². The molecule has 36 heavy (non-hydrogen) atoms. The highest BCUT2D eigenvalue weighted by Crippen LogP contribution is 2.39. The van der Waals surface area contributed by atoms with Crippen LogP contribution >= 0.6 is 0 Å². The maximum absolute atomic E-state index is 13.6. The predicted octanol–water partition coefficient (Wildman–Crippen LogP) is 4.68. The second kappa shape index (κ2) is 9.91. The number of carbonyl (C=O) groups is 1. The average Bonchev–Trinajstić information content (AvgIpc) is 3.33. The van der Waals surface area contributed by atoms with E-state index in [2.05, 4.69) is 15.6 Å². The van der Waals surface area contributed by atoms with Crippen LogP contribution in [0.4, 0.5) is 11.6 Å². The molecule has 3 heterocycles. The smallest absolute Gasteiger partial charge is 0.255 e. The maximum atomic E-state index is 13.6. The Labute approximate surface area is 208 Å². The highest BCUT2D eigenvalue weighted by molar-refractivity contribution is 6.06. The molecule has 5 rings (SSSR count). The summed E-state index contributed by atoms with van der Waals surface area (Å²) in [5, 5.41) is 11.0. The molecule has 1 aliphatic rings. The zero-order valence-corrected chi connectivity index (χ0v) is 20.2. The Kier molecular flexibility index (Phi) is 6.36. The van der Waals surface area contributed by atoms with E-state index in [1.807, 2.05) is 62.4 Å². The van der Waals surface area contributed by atoms with Crippen molar-refractivity contribution in [2.75, 3.05) is 24.4 Å². The van der Waals surface area contributed by atoms with Crippen LogP contribution in [0.25, 0.3) is 11.4 Å². The molecule has 0 aliphatic carbocycles. The summed E-state index contributed by atoms with van der Waals surface area (Å²) in [6.07, 6.45) is 3.26. The normalized spacial score (nSPS) is 14.6. The number of ether oxygens (including phenoxy) is 2. The standard InChI is InChI=1S/C27H26N6O3/c1-4-36-21-13-12-19(15-22(21)35-3)24-23(26(34)30-20-11-8-14-28-16-20)17(2)29-27-31-25(32-33(24)27)18-9-6-5-7-10-18/h5-16,24H,4H2,1-3H3,(H,30,34)(H,29,31,32). The number of hydrogen-bond donors (Lipinski definition) is 2. The average molecular weight is 483 g/mol. The summed E-state index contributed by atoms with van der Waals surface area (Å²) in [4.78, 5) is 22.4. The van der Waals surface area contributed by atoms with Crippen molar-refractivity contribution in [1.82, 2.24) is 19.7 Å². The molecule has 0 radical (unpaired) electrons. The Morgan fingerprint density at radius 2 is 1.94 bits per heavy atom. The number of aromatic nitrogens is 4. The molecule has 2 N–H and O–H groups in total. The number of fused-ring (bicyclic) bond motifs is 1. The first-order valence-corrected chi connectivity index (χ1v) is 11.6. The highest BCUT2D eigenvalue weighted by atomic mass is 16.5. The van der Waals surface area contributed by atoms with E-state index in [9.17, 15) is 4.79 Å². The summed E-state index contributed by atoms with van der Waals surface area (Å²) in [5.41, 5.74) is 3.46. The van der Waals surface area contributed by atoms with Crippen molar-refractivity contribution < 1.29 is 14.3 Å². The van der Waals surface area contributed by atoms with Gasteiger partial charge in [0.15, 0.2) is 17.3 Å². The topological polar surface area (TPSA) is 103 Å². The van der Waals surface area contributed by atoms with Gasteiger partial charge in [0.1, 0.15) is 6.04 Å². The quantitative estimate of drug-likeness (QED) is 0.394. The number of benzene rings is 2. The zero-order chi connectivity index (χ0) is 25.1. The lowest BCUT2D eigenvalue weighted by molar-refractivity contribution is -0.113. The van der Waals surface area contributed by atoms with Crippen molar-refractivity contribution in [2.45, 2.75) is 19.9 Å². The van der Waals surface area contributed by atoms with Gasteiger partial charge in [0.2, 0.25) is 5.95 Å². The molecule has 4 aromatic rings. The molecule has 9 heteroatoms. The molecule has 1 atom stereocenters. The molecule has 2 aromatic heterocycles. The first-order valence-electron chi connectivity index (χ1n) is 11.6. The summed E-state index contributed by atoms with van der Waals surface area (Å²) in [5.74, 6) is 2.03. The van der Waals surface area contributed by atoms with Gasteiger partial charge in [-0.05, 0) is 43.7 Å². The molecule has 0 saturated heterocycles. The Hall–Kier alpha value is -4.66. The Morgan fingerprint density at radius 3 is 2.67 bits per heavy atom. The molecule has 0 saturated carbocycles. The Morgan fingerprint density at radius 1 is 1.11 bits per heavy atom. The van der Waals surface area contributed by atoms with Gasteiger partial charge >= 0.3 is 0 Å². The lowest BCUT2D eigenvalue weighted by atomic mass is 9.94. The van der Waals surface area contributed by atoms with Gasteiger partial charge in [0, 0.05) is 17.5 Å². The third-order valence-corrected chi connectivity index (χ3v) is 5.85. The van der Waals surface area contributed by atoms with Crippen LogP contribution in [0.2, 0.25) is 0 Å². The number of nitrogens with one attached hydrogen (secondary N) is 2. The lowest BCUT2D eigenvalue weighted by Crippen LogP contribution is -2.31. The molecule has 9 nitrogen and oxygen atoms in total. The number of allylic oxidation sites excluding steroid dienone is 1. The van der Waals surface area contributed by atoms with Crippen LogP contribution in [0.1, 0.15) is 25.5 Å². The number of amides is 1.